The summed E-state index contributed by atoms with van der Waals surface area (Å²) in [5.41, 5.74) is 1.37. The van der Waals surface area contributed by atoms with Crippen molar-refractivity contribution >= 4 is 17.4 Å². The summed E-state index contributed by atoms with van der Waals surface area (Å²) in [5, 5.41) is 8.87. The molecule has 1 aromatic carbocycles. The molecule has 0 spiro atoms. The van der Waals surface area contributed by atoms with Gasteiger partial charge in [0.15, 0.2) is 5.78 Å². The van der Waals surface area contributed by atoms with E-state index < -0.39 is 5.97 Å². The van der Waals surface area contributed by atoms with Gasteiger partial charge in [-0.3, -0.25) is 9.59 Å². The highest BCUT2D eigenvalue weighted by atomic mass is 16.4. The smallest absolute Gasteiger partial charge is 0.323 e. The molecule has 90 valence electrons. The van der Waals surface area contributed by atoms with E-state index in [2.05, 4.69) is 0 Å². The SMILES string of the molecule is CC(=O)C=C(C)N(CC(=O)O)c1ccccc1. The number of nitrogens with zero attached hydrogens (tertiary/aromatic N) is 1. The number of anilines is 1. The van der Waals surface area contributed by atoms with Gasteiger partial charge in [-0.1, -0.05) is 18.2 Å². The Labute approximate surface area is 100 Å². The summed E-state index contributed by atoms with van der Waals surface area (Å²) in [6.07, 6.45) is 1.43. The van der Waals surface area contributed by atoms with Gasteiger partial charge in [0.25, 0.3) is 0 Å². The normalized spacial score (nSPS) is 11.1. The molecule has 0 unspecified atom stereocenters. The first-order valence-corrected chi connectivity index (χ1v) is 5.24. The fourth-order valence-corrected chi connectivity index (χ4v) is 1.53. The van der Waals surface area contributed by atoms with E-state index in [4.69, 9.17) is 5.11 Å². The molecular weight excluding hydrogens is 218 g/mol. The van der Waals surface area contributed by atoms with Crippen LogP contribution in [0.15, 0.2) is 42.1 Å². The zero-order valence-corrected chi connectivity index (χ0v) is 9.88. The maximum absolute atomic E-state index is 11.0. The summed E-state index contributed by atoms with van der Waals surface area (Å²) in [5.74, 6) is -1.04. The molecule has 4 heteroatoms. The van der Waals surface area contributed by atoms with Crippen molar-refractivity contribution < 1.29 is 14.7 Å². The van der Waals surface area contributed by atoms with Crippen molar-refractivity contribution in [3.8, 4) is 0 Å². The Morgan fingerprint density at radius 2 is 1.82 bits per heavy atom. The molecule has 0 aliphatic rings. The number of carboxylic acid groups (broad SMARTS) is 1. The maximum Gasteiger partial charge on any atom is 0.323 e. The molecule has 0 aromatic heterocycles. The lowest BCUT2D eigenvalue weighted by Gasteiger charge is -2.23. The number of rotatable bonds is 5. The predicted octanol–water partition coefficient (Wildman–Crippen LogP) is 2.07. The summed E-state index contributed by atoms with van der Waals surface area (Å²) in [6.45, 7) is 2.99. The number of hydrogen-bond acceptors (Lipinski definition) is 3. The third-order valence-electron chi connectivity index (χ3n) is 2.20. The Morgan fingerprint density at radius 1 is 1.24 bits per heavy atom. The minimum Gasteiger partial charge on any atom is -0.480 e. The first-order chi connectivity index (χ1) is 8.00. The van der Waals surface area contributed by atoms with Crippen LogP contribution < -0.4 is 4.90 Å². The molecule has 1 N–H and O–H groups in total. The number of benzene rings is 1. The van der Waals surface area contributed by atoms with Crippen molar-refractivity contribution in [3.05, 3.63) is 42.1 Å². The largest absolute Gasteiger partial charge is 0.480 e. The molecule has 0 aliphatic heterocycles. The van der Waals surface area contributed by atoms with Gasteiger partial charge >= 0.3 is 5.97 Å². The van der Waals surface area contributed by atoms with Gasteiger partial charge in [-0.05, 0) is 26.0 Å². The maximum atomic E-state index is 11.0. The monoisotopic (exact) mass is 233 g/mol. The molecule has 0 heterocycles. The number of allylic oxidation sites excluding steroid dienone is 2. The van der Waals surface area contributed by atoms with E-state index in [1.54, 1.807) is 24.0 Å². The van der Waals surface area contributed by atoms with Gasteiger partial charge in [-0.2, -0.15) is 0 Å². The summed E-state index contributed by atoms with van der Waals surface area (Å²) in [7, 11) is 0. The molecule has 0 bridgehead atoms. The van der Waals surface area contributed by atoms with Crippen molar-refractivity contribution in [2.75, 3.05) is 11.4 Å². The van der Waals surface area contributed by atoms with Gasteiger partial charge in [-0.25, -0.2) is 0 Å². The summed E-state index contributed by atoms with van der Waals surface area (Å²) in [4.78, 5) is 23.4. The molecule has 0 atom stereocenters. The van der Waals surface area contributed by atoms with E-state index >= 15 is 0 Å². The minimum atomic E-state index is -0.940. The molecule has 0 saturated carbocycles. The van der Waals surface area contributed by atoms with Crippen molar-refractivity contribution in [2.24, 2.45) is 0 Å². The molecule has 0 fully saturated rings. The molecule has 0 saturated heterocycles. The average molecular weight is 233 g/mol. The lowest BCUT2D eigenvalue weighted by atomic mass is 10.2. The molecule has 1 aromatic rings. The number of carboxylic acids is 1. The topological polar surface area (TPSA) is 57.6 Å². The van der Waals surface area contributed by atoms with Crippen LogP contribution in [0.3, 0.4) is 0 Å². The zero-order valence-electron chi connectivity index (χ0n) is 9.88. The molecule has 0 amide bonds. The van der Waals surface area contributed by atoms with Crippen molar-refractivity contribution in [3.63, 3.8) is 0 Å². The second-order valence-electron chi connectivity index (χ2n) is 3.71. The number of carbonyl (C=O) groups excluding carboxylic acids is 1. The highest BCUT2D eigenvalue weighted by molar-refractivity contribution is 5.89. The number of hydrogen-bond donors (Lipinski definition) is 1. The first kappa shape index (κ1) is 13.0. The zero-order chi connectivity index (χ0) is 12.8. The van der Waals surface area contributed by atoms with E-state index in [9.17, 15) is 9.59 Å². The number of para-hydroxylation sites is 1. The van der Waals surface area contributed by atoms with Gasteiger partial charge in [0.05, 0.1) is 0 Å². The first-order valence-electron chi connectivity index (χ1n) is 5.24. The second-order valence-corrected chi connectivity index (χ2v) is 3.71. The van der Waals surface area contributed by atoms with Crippen LogP contribution in [0.5, 0.6) is 0 Å². The van der Waals surface area contributed by atoms with E-state index in [1.165, 1.54) is 13.0 Å². The van der Waals surface area contributed by atoms with E-state index in [-0.39, 0.29) is 12.3 Å². The van der Waals surface area contributed by atoms with Crippen molar-refractivity contribution in [2.45, 2.75) is 13.8 Å². The lowest BCUT2D eigenvalue weighted by Crippen LogP contribution is -2.28. The number of carbonyl (C=O) groups is 2. The summed E-state index contributed by atoms with van der Waals surface area (Å²) in [6, 6.07) is 9.11. The highest BCUT2D eigenvalue weighted by Crippen LogP contribution is 2.18. The van der Waals surface area contributed by atoms with Gasteiger partial charge in [-0.15, -0.1) is 0 Å². The van der Waals surface area contributed by atoms with Gasteiger partial charge in [0.1, 0.15) is 6.54 Å². The fourth-order valence-electron chi connectivity index (χ4n) is 1.53. The number of aliphatic carboxylic acids is 1. The number of ketones is 1. The third-order valence-corrected chi connectivity index (χ3v) is 2.20. The Morgan fingerprint density at radius 3 is 2.29 bits per heavy atom. The van der Waals surface area contributed by atoms with Gasteiger partial charge < -0.3 is 10.0 Å². The quantitative estimate of drug-likeness (QED) is 0.791. The minimum absolute atomic E-state index is 0.103. The summed E-state index contributed by atoms with van der Waals surface area (Å²) < 4.78 is 0. The second kappa shape index (κ2) is 5.84. The van der Waals surface area contributed by atoms with Crippen LogP contribution in [0, 0.1) is 0 Å². The molecule has 1 rings (SSSR count). The average Bonchev–Trinajstić information content (AvgIpc) is 2.25. The van der Waals surface area contributed by atoms with E-state index in [0.717, 1.165) is 5.69 Å². The van der Waals surface area contributed by atoms with E-state index in [1.807, 2.05) is 18.2 Å². The van der Waals surface area contributed by atoms with Crippen molar-refractivity contribution in [1.29, 1.82) is 0 Å². The predicted molar refractivity (Wildman–Crippen MR) is 65.9 cm³/mol. The Kier molecular flexibility index (Phi) is 4.46. The van der Waals surface area contributed by atoms with Crippen LogP contribution in [-0.4, -0.2) is 23.4 Å². The van der Waals surface area contributed by atoms with Crippen LogP contribution in [0.1, 0.15) is 13.8 Å². The van der Waals surface area contributed by atoms with Crippen molar-refractivity contribution in [1.82, 2.24) is 0 Å². The fraction of sp³-hybridized carbons (Fsp3) is 0.231. The third kappa shape index (κ3) is 4.10. The Balaban J connectivity index is 3.04. The Bertz CT molecular complexity index is 437. The van der Waals surface area contributed by atoms with Gasteiger partial charge in [0, 0.05) is 17.5 Å². The van der Waals surface area contributed by atoms with E-state index in [0.29, 0.717) is 5.70 Å². The molecule has 17 heavy (non-hydrogen) atoms. The van der Waals surface area contributed by atoms with Crippen LogP contribution >= 0.6 is 0 Å². The molecule has 4 nitrogen and oxygen atoms in total. The molecule has 0 aliphatic carbocycles. The van der Waals surface area contributed by atoms with Crippen LogP contribution in [0.4, 0.5) is 5.69 Å². The van der Waals surface area contributed by atoms with Crippen LogP contribution in [-0.2, 0) is 9.59 Å². The standard InChI is InChI=1S/C13H15NO3/c1-10(8-11(2)15)14(9-13(16)17)12-6-4-3-5-7-12/h3-8H,9H2,1-2H3,(H,16,17). The van der Waals surface area contributed by atoms with Gasteiger partial charge in [0.2, 0.25) is 0 Å². The molecular formula is C13H15NO3. The lowest BCUT2D eigenvalue weighted by molar-refractivity contribution is -0.135. The highest BCUT2D eigenvalue weighted by Gasteiger charge is 2.12. The van der Waals surface area contributed by atoms with Crippen LogP contribution in [0.25, 0.3) is 0 Å². The van der Waals surface area contributed by atoms with Crippen LogP contribution in [0.2, 0.25) is 0 Å². The Hall–Kier alpha value is -2.10. The summed E-state index contributed by atoms with van der Waals surface area (Å²) >= 11 is 0. The molecule has 0 radical (unpaired) electrons.